The zero-order chi connectivity index (χ0) is 18.5. The third-order valence-electron chi connectivity index (χ3n) is 4.87. The Bertz CT molecular complexity index is 818. The molecule has 4 nitrogen and oxygen atoms in total. The van der Waals surface area contributed by atoms with E-state index in [-0.39, 0.29) is 11.8 Å². The molecule has 1 saturated heterocycles. The van der Waals surface area contributed by atoms with Crippen LogP contribution in [0, 0.1) is 30.0 Å². The maximum absolute atomic E-state index is 13.3. The zero-order valence-electron chi connectivity index (χ0n) is 14.8. The Hall–Kier alpha value is -2.87. The summed E-state index contributed by atoms with van der Waals surface area (Å²) in [5.74, 6) is -0.358. The molecule has 1 fully saturated rings. The first-order valence-corrected chi connectivity index (χ1v) is 8.84. The first kappa shape index (κ1) is 17.9. The SMILES string of the molecule is Cc1ccc(CNC(=O)C2CCN(c3ccc(F)cc3C#N)CC2)cc1. The Morgan fingerprint density at radius 2 is 1.92 bits per heavy atom. The van der Waals surface area contributed by atoms with E-state index in [0.29, 0.717) is 25.2 Å². The first-order chi connectivity index (χ1) is 12.6. The second-order valence-electron chi connectivity index (χ2n) is 6.74. The fourth-order valence-corrected chi connectivity index (χ4v) is 3.30. The summed E-state index contributed by atoms with van der Waals surface area (Å²) >= 11 is 0. The van der Waals surface area contributed by atoms with Crippen molar-refractivity contribution in [1.82, 2.24) is 5.32 Å². The number of amides is 1. The van der Waals surface area contributed by atoms with Crippen molar-refractivity contribution in [3.8, 4) is 6.07 Å². The number of rotatable bonds is 4. The highest BCUT2D eigenvalue weighted by Gasteiger charge is 2.26. The molecular weight excluding hydrogens is 329 g/mol. The topological polar surface area (TPSA) is 56.1 Å². The lowest BCUT2D eigenvalue weighted by Crippen LogP contribution is -2.40. The highest BCUT2D eigenvalue weighted by atomic mass is 19.1. The van der Waals surface area contributed by atoms with E-state index in [0.717, 1.165) is 24.1 Å². The van der Waals surface area contributed by atoms with E-state index in [2.05, 4.69) is 10.2 Å². The van der Waals surface area contributed by atoms with Gasteiger partial charge in [0.25, 0.3) is 0 Å². The van der Waals surface area contributed by atoms with Crippen LogP contribution in [0.5, 0.6) is 0 Å². The van der Waals surface area contributed by atoms with E-state index >= 15 is 0 Å². The molecular formula is C21H22FN3O. The van der Waals surface area contributed by atoms with Gasteiger partial charge in [-0.1, -0.05) is 29.8 Å². The summed E-state index contributed by atoms with van der Waals surface area (Å²) in [7, 11) is 0. The molecule has 1 aliphatic rings. The summed E-state index contributed by atoms with van der Waals surface area (Å²) in [6.45, 7) is 3.94. The van der Waals surface area contributed by atoms with Crippen LogP contribution in [0.4, 0.5) is 10.1 Å². The van der Waals surface area contributed by atoms with Crippen LogP contribution in [0.1, 0.15) is 29.5 Å². The molecule has 1 N–H and O–H groups in total. The lowest BCUT2D eigenvalue weighted by molar-refractivity contribution is -0.125. The van der Waals surface area contributed by atoms with Crippen molar-refractivity contribution >= 4 is 11.6 Å². The minimum Gasteiger partial charge on any atom is -0.370 e. The van der Waals surface area contributed by atoms with E-state index in [1.54, 1.807) is 6.07 Å². The molecule has 134 valence electrons. The quantitative estimate of drug-likeness (QED) is 0.917. The lowest BCUT2D eigenvalue weighted by atomic mass is 9.95. The maximum atomic E-state index is 13.3. The Morgan fingerprint density at radius 3 is 2.58 bits per heavy atom. The standard InChI is InChI=1S/C21H22FN3O/c1-15-2-4-16(5-3-15)14-24-21(26)17-8-10-25(11-9-17)20-7-6-19(22)12-18(20)13-23/h2-7,12,17H,8-11,14H2,1H3,(H,24,26). The van der Waals surface area contributed by atoms with Crippen LogP contribution in [0.15, 0.2) is 42.5 Å². The summed E-state index contributed by atoms with van der Waals surface area (Å²) in [5.41, 5.74) is 3.37. The van der Waals surface area contributed by atoms with E-state index < -0.39 is 5.82 Å². The number of hydrogen-bond donors (Lipinski definition) is 1. The maximum Gasteiger partial charge on any atom is 0.223 e. The third kappa shape index (κ3) is 4.20. The Labute approximate surface area is 153 Å². The monoisotopic (exact) mass is 351 g/mol. The van der Waals surface area contributed by atoms with E-state index in [1.165, 1.54) is 17.7 Å². The molecule has 0 aliphatic carbocycles. The Kier molecular flexibility index (Phi) is 5.52. The molecule has 0 radical (unpaired) electrons. The van der Waals surface area contributed by atoms with Crippen molar-refractivity contribution in [3.63, 3.8) is 0 Å². The van der Waals surface area contributed by atoms with Crippen LogP contribution in [-0.4, -0.2) is 19.0 Å². The van der Waals surface area contributed by atoms with Gasteiger partial charge in [0.2, 0.25) is 5.91 Å². The molecule has 0 aromatic heterocycles. The number of hydrogen-bond acceptors (Lipinski definition) is 3. The van der Waals surface area contributed by atoms with E-state index in [4.69, 9.17) is 0 Å². The van der Waals surface area contributed by atoms with Crippen LogP contribution < -0.4 is 10.2 Å². The molecule has 0 saturated carbocycles. The predicted molar refractivity (Wildman–Crippen MR) is 99.1 cm³/mol. The molecule has 0 atom stereocenters. The highest BCUT2D eigenvalue weighted by molar-refractivity contribution is 5.79. The van der Waals surface area contributed by atoms with Gasteiger partial charge in [-0.15, -0.1) is 0 Å². The highest BCUT2D eigenvalue weighted by Crippen LogP contribution is 2.27. The summed E-state index contributed by atoms with van der Waals surface area (Å²) < 4.78 is 13.3. The number of nitriles is 1. The number of nitrogens with zero attached hydrogens (tertiary/aromatic N) is 2. The third-order valence-corrected chi connectivity index (χ3v) is 4.87. The number of anilines is 1. The molecule has 2 aromatic carbocycles. The smallest absolute Gasteiger partial charge is 0.223 e. The largest absolute Gasteiger partial charge is 0.370 e. The number of carbonyl (C=O) groups is 1. The van der Waals surface area contributed by atoms with Crippen LogP contribution in [0.25, 0.3) is 0 Å². The van der Waals surface area contributed by atoms with Gasteiger partial charge in [0.05, 0.1) is 11.3 Å². The molecule has 1 aliphatic heterocycles. The van der Waals surface area contributed by atoms with E-state index in [9.17, 15) is 14.4 Å². The molecule has 26 heavy (non-hydrogen) atoms. The summed E-state index contributed by atoms with van der Waals surface area (Å²) in [4.78, 5) is 14.5. The fourth-order valence-electron chi connectivity index (χ4n) is 3.30. The van der Waals surface area contributed by atoms with Gasteiger partial charge in [-0.25, -0.2) is 4.39 Å². The van der Waals surface area contributed by atoms with E-state index in [1.807, 2.05) is 37.3 Å². The van der Waals surface area contributed by atoms with Gasteiger partial charge in [0.1, 0.15) is 11.9 Å². The number of piperidine rings is 1. The van der Waals surface area contributed by atoms with Gasteiger partial charge >= 0.3 is 0 Å². The van der Waals surface area contributed by atoms with Crippen molar-refractivity contribution in [2.75, 3.05) is 18.0 Å². The van der Waals surface area contributed by atoms with Crippen LogP contribution in [0.3, 0.4) is 0 Å². The normalized spacial score (nSPS) is 14.7. The lowest BCUT2D eigenvalue weighted by Gasteiger charge is -2.33. The summed E-state index contributed by atoms with van der Waals surface area (Å²) in [5, 5.41) is 12.2. The van der Waals surface area contributed by atoms with Crippen molar-refractivity contribution in [1.29, 1.82) is 5.26 Å². The Morgan fingerprint density at radius 1 is 1.23 bits per heavy atom. The van der Waals surface area contributed by atoms with Crippen molar-refractivity contribution < 1.29 is 9.18 Å². The molecule has 3 rings (SSSR count). The number of carbonyl (C=O) groups excluding carboxylic acids is 1. The second-order valence-corrected chi connectivity index (χ2v) is 6.74. The summed E-state index contributed by atoms with van der Waals surface area (Å²) in [6, 6.07) is 14.4. The molecule has 0 bridgehead atoms. The molecule has 0 unspecified atom stereocenters. The van der Waals surface area contributed by atoms with Crippen molar-refractivity contribution in [3.05, 3.63) is 65.0 Å². The van der Waals surface area contributed by atoms with Crippen molar-refractivity contribution in [2.24, 2.45) is 5.92 Å². The van der Waals surface area contributed by atoms with Crippen LogP contribution >= 0.6 is 0 Å². The molecule has 2 aromatic rings. The fraction of sp³-hybridized carbons (Fsp3) is 0.333. The number of benzene rings is 2. The van der Waals surface area contributed by atoms with Gasteiger partial charge < -0.3 is 10.2 Å². The number of halogens is 1. The molecule has 0 spiro atoms. The first-order valence-electron chi connectivity index (χ1n) is 8.84. The predicted octanol–water partition coefficient (Wildman–Crippen LogP) is 3.54. The van der Waals surface area contributed by atoms with Gasteiger partial charge in [0.15, 0.2) is 0 Å². The average Bonchev–Trinajstić information content (AvgIpc) is 2.67. The second kappa shape index (κ2) is 8.01. The van der Waals surface area contributed by atoms with Crippen molar-refractivity contribution in [2.45, 2.75) is 26.3 Å². The van der Waals surface area contributed by atoms with Gasteiger partial charge in [-0.05, 0) is 43.5 Å². The number of aryl methyl sites for hydroxylation is 1. The number of nitrogens with one attached hydrogen (secondary N) is 1. The molecule has 5 heteroatoms. The minimum atomic E-state index is -0.407. The van der Waals surface area contributed by atoms with Crippen LogP contribution in [-0.2, 0) is 11.3 Å². The van der Waals surface area contributed by atoms with Gasteiger partial charge in [0, 0.05) is 25.6 Å². The average molecular weight is 351 g/mol. The summed E-state index contributed by atoms with van der Waals surface area (Å²) in [6.07, 6.45) is 1.45. The molecule has 1 heterocycles. The minimum absolute atomic E-state index is 0.0253. The Balaban J connectivity index is 1.54. The molecule has 1 amide bonds. The zero-order valence-corrected chi connectivity index (χ0v) is 14.8. The van der Waals surface area contributed by atoms with Gasteiger partial charge in [-0.3, -0.25) is 4.79 Å². The van der Waals surface area contributed by atoms with Crippen LogP contribution in [0.2, 0.25) is 0 Å². The van der Waals surface area contributed by atoms with Gasteiger partial charge in [-0.2, -0.15) is 5.26 Å².